The van der Waals surface area contributed by atoms with Gasteiger partial charge in [-0.2, -0.15) is 0 Å². The molecule has 0 saturated heterocycles. The first-order chi connectivity index (χ1) is 6.60. The molecule has 0 amide bonds. The monoisotopic (exact) mass is 228 g/mol. The number of methoxy groups -OCH3 is 1. The van der Waals surface area contributed by atoms with Crippen LogP contribution in [0.2, 0.25) is 0 Å². The smallest absolute Gasteiger partial charge is 0.460 e. The van der Waals surface area contributed by atoms with Gasteiger partial charge in [0, 0.05) is 0 Å². The zero-order valence-corrected chi connectivity index (χ0v) is 9.11. The van der Waals surface area contributed by atoms with Crippen molar-refractivity contribution in [3.8, 4) is 0 Å². The minimum absolute atomic E-state index is 0.108. The lowest BCUT2D eigenvalue weighted by Crippen LogP contribution is -2.08. The zero-order chi connectivity index (χ0) is 11.0. The van der Waals surface area contributed by atoms with E-state index in [4.69, 9.17) is 0 Å². The molecule has 0 radical (unpaired) electrons. The highest BCUT2D eigenvalue weighted by Gasteiger charge is 2.40. The van der Waals surface area contributed by atoms with Crippen molar-refractivity contribution in [2.75, 3.05) is 20.3 Å². The Kier molecular flexibility index (Phi) is 6.69. The average Bonchev–Trinajstić information content (AvgIpc) is 2.22. The van der Waals surface area contributed by atoms with Crippen molar-refractivity contribution in [1.29, 1.82) is 0 Å². The molecule has 0 aliphatic carbocycles. The summed E-state index contributed by atoms with van der Waals surface area (Å²) in [6, 6.07) is 0. The highest BCUT2D eigenvalue weighted by Crippen LogP contribution is 2.50. The number of hydrogen-bond acceptors (Lipinski definition) is 7. The van der Waals surface area contributed by atoms with E-state index in [1.54, 1.807) is 13.8 Å². The molecule has 8 heteroatoms. The van der Waals surface area contributed by atoms with Crippen LogP contribution in [0.15, 0.2) is 0 Å². The van der Waals surface area contributed by atoms with Crippen molar-refractivity contribution < 1.29 is 33.2 Å². The molecule has 0 N–H and O–H groups in total. The van der Waals surface area contributed by atoms with Crippen LogP contribution < -0.4 is 0 Å². The maximum Gasteiger partial charge on any atom is 0.491 e. The summed E-state index contributed by atoms with van der Waals surface area (Å²) in [6.07, 6.45) is 0. The van der Waals surface area contributed by atoms with Crippen LogP contribution in [-0.4, -0.2) is 26.0 Å². The predicted octanol–water partition coefficient (Wildman–Crippen LogP) is 1.88. The molecular weight excluding hydrogens is 215 g/mol. The van der Waals surface area contributed by atoms with Gasteiger partial charge >= 0.3 is 13.3 Å². The van der Waals surface area contributed by atoms with Crippen LogP contribution in [0, 0.1) is 0 Å². The van der Waals surface area contributed by atoms with Crippen molar-refractivity contribution >= 4 is 13.3 Å². The lowest BCUT2D eigenvalue weighted by molar-refractivity contribution is -0.260. The molecule has 0 aliphatic rings. The first-order valence-electron chi connectivity index (χ1n) is 3.91. The van der Waals surface area contributed by atoms with E-state index in [-0.39, 0.29) is 13.2 Å². The van der Waals surface area contributed by atoms with E-state index < -0.39 is 13.3 Å². The summed E-state index contributed by atoms with van der Waals surface area (Å²) in [6.45, 7) is 3.39. The molecule has 0 heterocycles. The molecule has 0 fully saturated rings. The molecule has 0 bridgehead atoms. The first-order valence-corrected chi connectivity index (χ1v) is 5.46. The average molecular weight is 228 g/mol. The summed E-state index contributed by atoms with van der Waals surface area (Å²) in [7, 11) is -3.11. The van der Waals surface area contributed by atoms with Gasteiger partial charge in [0.1, 0.15) is 0 Å². The van der Waals surface area contributed by atoms with Crippen LogP contribution in [0.25, 0.3) is 0 Å². The summed E-state index contributed by atoms with van der Waals surface area (Å²) in [5, 5.41) is 0. The largest absolute Gasteiger partial charge is 0.491 e. The second kappa shape index (κ2) is 6.92. The van der Waals surface area contributed by atoms with Gasteiger partial charge in [-0.25, -0.2) is 19.1 Å². The maximum absolute atomic E-state index is 11.5. The van der Waals surface area contributed by atoms with Gasteiger partial charge in [0.25, 0.3) is 0 Å². The summed E-state index contributed by atoms with van der Waals surface area (Å²) in [5.41, 5.74) is -1.18. The molecule has 0 saturated carbocycles. The van der Waals surface area contributed by atoms with E-state index in [0.29, 0.717) is 0 Å². The number of carbonyl (C=O) groups is 1. The van der Waals surface area contributed by atoms with Crippen LogP contribution in [0.4, 0.5) is 4.79 Å². The van der Waals surface area contributed by atoms with Crippen LogP contribution in [-0.2, 0) is 28.4 Å². The van der Waals surface area contributed by atoms with Crippen molar-refractivity contribution in [3.05, 3.63) is 0 Å². The lowest BCUT2D eigenvalue weighted by atomic mass is 10.9. The number of carbonyl (C=O) groups excluding carboxylic acids is 1. The van der Waals surface area contributed by atoms with E-state index in [2.05, 4.69) is 23.9 Å². The van der Waals surface area contributed by atoms with Gasteiger partial charge < -0.3 is 4.74 Å². The van der Waals surface area contributed by atoms with Crippen LogP contribution >= 0.6 is 7.60 Å². The van der Waals surface area contributed by atoms with Gasteiger partial charge in [-0.1, -0.05) is 0 Å². The minimum Gasteiger partial charge on any atom is -0.460 e. The van der Waals surface area contributed by atoms with Crippen molar-refractivity contribution in [2.45, 2.75) is 13.8 Å². The van der Waals surface area contributed by atoms with Crippen molar-refractivity contribution in [1.82, 2.24) is 0 Å². The highest BCUT2D eigenvalue weighted by atomic mass is 31.2. The summed E-state index contributed by atoms with van der Waals surface area (Å²) >= 11 is 0. The Morgan fingerprint density at radius 1 is 1.14 bits per heavy atom. The third-order valence-corrected chi connectivity index (χ3v) is 2.17. The molecule has 7 nitrogen and oxygen atoms in total. The van der Waals surface area contributed by atoms with E-state index in [0.717, 1.165) is 7.11 Å². The standard InChI is InChI=1S/C6H13O7P/c1-4-10-12-14(8,6(7)9-3)13-11-5-2/h4-5H2,1-3H3. The molecule has 14 heavy (non-hydrogen) atoms. The van der Waals surface area contributed by atoms with E-state index >= 15 is 0 Å². The molecule has 0 atom stereocenters. The molecule has 0 rings (SSSR count). The van der Waals surface area contributed by atoms with Gasteiger partial charge in [-0.15, -0.1) is 9.35 Å². The number of hydrogen-bond donors (Lipinski definition) is 0. The number of rotatable bonds is 7. The fraction of sp³-hybridized carbons (Fsp3) is 0.833. The van der Waals surface area contributed by atoms with Gasteiger partial charge in [0.2, 0.25) is 0 Å². The molecular formula is C6H13O7P. The SMILES string of the molecule is CCOOP(=O)(OOCC)C(=O)OC. The quantitative estimate of drug-likeness (QED) is 0.373. The Morgan fingerprint density at radius 3 is 1.86 bits per heavy atom. The van der Waals surface area contributed by atoms with E-state index in [9.17, 15) is 9.36 Å². The Hall–Kier alpha value is -0.460. The Morgan fingerprint density at radius 2 is 1.57 bits per heavy atom. The third kappa shape index (κ3) is 4.17. The zero-order valence-electron chi connectivity index (χ0n) is 8.22. The van der Waals surface area contributed by atoms with Crippen molar-refractivity contribution in [2.24, 2.45) is 0 Å². The van der Waals surface area contributed by atoms with Gasteiger partial charge in [0.15, 0.2) is 0 Å². The Balaban J connectivity index is 4.33. The first kappa shape index (κ1) is 13.5. The van der Waals surface area contributed by atoms with Crippen LogP contribution in [0.5, 0.6) is 0 Å². The van der Waals surface area contributed by atoms with Gasteiger partial charge in [-0.3, -0.25) is 0 Å². The fourth-order valence-corrected chi connectivity index (χ4v) is 1.29. The molecule has 0 aromatic heterocycles. The third-order valence-electron chi connectivity index (χ3n) is 0.936. The summed E-state index contributed by atoms with van der Waals surface area (Å²) in [5.74, 6) is 0. The predicted molar refractivity (Wildman–Crippen MR) is 45.4 cm³/mol. The lowest BCUT2D eigenvalue weighted by Gasteiger charge is -2.12. The highest BCUT2D eigenvalue weighted by molar-refractivity contribution is 7.71. The fourth-order valence-electron chi connectivity index (χ4n) is 0.429. The Labute approximate surface area is 81.6 Å². The molecule has 0 unspecified atom stereocenters. The summed E-state index contributed by atoms with van der Waals surface area (Å²) in [4.78, 5) is 19.6. The molecule has 0 aromatic rings. The second-order valence-electron chi connectivity index (χ2n) is 1.93. The van der Waals surface area contributed by atoms with Crippen LogP contribution in [0.3, 0.4) is 0 Å². The minimum atomic E-state index is -4.15. The van der Waals surface area contributed by atoms with E-state index in [1.807, 2.05) is 0 Å². The van der Waals surface area contributed by atoms with Gasteiger partial charge in [0.05, 0.1) is 20.3 Å². The second-order valence-corrected chi connectivity index (χ2v) is 3.59. The normalized spacial score (nSPS) is 11.4. The topological polar surface area (TPSA) is 80.3 Å². The van der Waals surface area contributed by atoms with Crippen molar-refractivity contribution in [3.63, 3.8) is 0 Å². The molecule has 0 spiro atoms. The maximum atomic E-state index is 11.5. The van der Waals surface area contributed by atoms with Crippen LogP contribution in [0.1, 0.15) is 13.8 Å². The molecule has 84 valence electrons. The summed E-state index contributed by atoms with van der Waals surface area (Å²) < 4.78 is 24.2. The number of ether oxygens (including phenoxy) is 1. The molecule has 0 aromatic carbocycles. The Bertz CT molecular complexity index is 204. The van der Waals surface area contributed by atoms with Gasteiger partial charge in [-0.05, 0) is 13.8 Å². The molecule has 0 aliphatic heterocycles. The van der Waals surface area contributed by atoms with E-state index in [1.165, 1.54) is 0 Å².